The molecule has 0 saturated heterocycles. The van der Waals surface area contributed by atoms with Crippen LogP contribution in [0.5, 0.6) is 0 Å². The summed E-state index contributed by atoms with van der Waals surface area (Å²) >= 11 is 6.09. The summed E-state index contributed by atoms with van der Waals surface area (Å²) in [6, 6.07) is 14.9. The highest BCUT2D eigenvalue weighted by Gasteiger charge is 2.07. The molecule has 116 valence electrons. The molecule has 0 spiro atoms. The second kappa shape index (κ2) is 7.07. The van der Waals surface area contributed by atoms with Crippen LogP contribution < -0.4 is 5.32 Å². The summed E-state index contributed by atoms with van der Waals surface area (Å²) in [5.74, 6) is -0.134. The van der Waals surface area contributed by atoms with Gasteiger partial charge in [0.15, 0.2) is 0 Å². The highest BCUT2D eigenvalue weighted by Crippen LogP contribution is 2.14. The van der Waals surface area contributed by atoms with E-state index < -0.39 is 0 Å². The Kier molecular flexibility index (Phi) is 4.68. The van der Waals surface area contributed by atoms with E-state index in [-0.39, 0.29) is 5.91 Å². The first-order chi connectivity index (χ1) is 11.2. The Morgan fingerprint density at radius 2 is 2.04 bits per heavy atom. The summed E-state index contributed by atoms with van der Waals surface area (Å²) in [7, 11) is 0. The van der Waals surface area contributed by atoms with Crippen molar-refractivity contribution in [3.05, 3.63) is 82.9 Å². The molecule has 0 fully saturated rings. The van der Waals surface area contributed by atoms with E-state index in [4.69, 9.17) is 11.6 Å². The van der Waals surface area contributed by atoms with Gasteiger partial charge in [-0.05, 0) is 29.3 Å². The highest BCUT2D eigenvalue weighted by molar-refractivity contribution is 6.31. The molecule has 0 radical (unpaired) electrons. The van der Waals surface area contributed by atoms with Gasteiger partial charge >= 0.3 is 0 Å². The van der Waals surface area contributed by atoms with Crippen molar-refractivity contribution < 1.29 is 4.79 Å². The van der Waals surface area contributed by atoms with Gasteiger partial charge in [0.25, 0.3) is 5.91 Å². The minimum Gasteiger partial charge on any atom is -0.348 e. The molecule has 0 atom stereocenters. The molecule has 1 aromatic heterocycles. The van der Waals surface area contributed by atoms with Gasteiger partial charge in [0.2, 0.25) is 0 Å². The monoisotopic (exact) mass is 326 g/mol. The number of halogens is 1. The molecule has 3 rings (SSSR count). The van der Waals surface area contributed by atoms with E-state index in [1.165, 1.54) is 6.33 Å². The van der Waals surface area contributed by atoms with E-state index in [2.05, 4.69) is 15.4 Å². The van der Waals surface area contributed by atoms with Crippen LogP contribution in [0, 0.1) is 0 Å². The maximum atomic E-state index is 12.3. The van der Waals surface area contributed by atoms with Crippen molar-refractivity contribution >= 4 is 17.5 Å². The minimum absolute atomic E-state index is 0.134. The van der Waals surface area contributed by atoms with Crippen molar-refractivity contribution in [3.63, 3.8) is 0 Å². The van der Waals surface area contributed by atoms with Gasteiger partial charge in [-0.15, -0.1) is 0 Å². The van der Waals surface area contributed by atoms with Gasteiger partial charge in [-0.3, -0.25) is 4.79 Å². The van der Waals surface area contributed by atoms with Crippen LogP contribution in [0.2, 0.25) is 5.02 Å². The Bertz CT molecular complexity index is 802. The lowest BCUT2D eigenvalue weighted by atomic mass is 10.1. The molecule has 0 unspecified atom stereocenters. The number of amides is 1. The predicted molar refractivity (Wildman–Crippen MR) is 88.2 cm³/mol. The molecule has 0 saturated carbocycles. The number of hydrogen-bond acceptors (Lipinski definition) is 3. The lowest BCUT2D eigenvalue weighted by Crippen LogP contribution is -2.23. The number of carbonyl (C=O) groups is 1. The van der Waals surface area contributed by atoms with Crippen molar-refractivity contribution in [1.82, 2.24) is 20.1 Å². The van der Waals surface area contributed by atoms with Crippen LogP contribution in [0.25, 0.3) is 0 Å². The minimum atomic E-state index is -0.134. The fourth-order valence-electron chi connectivity index (χ4n) is 2.23. The van der Waals surface area contributed by atoms with Crippen LogP contribution in [-0.4, -0.2) is 20.7 Å². The van der Waals surface area contributed by atoms with Gasteiger partial charge in [-0.25, -0.2) is 9.67 Å². The summed E-state index contributed by atoms with van der Waals surface area (Å²) in [6.07, 6.45) is 3.13. The molecule has 0 aliphatic rings. The fraction of sp³-hybridized carbons (Fsp3) is 0.118. The summed E-state index contributed by atoms with van der Waals surface area (Å²) in [5, 5.41) is 7.59. The zero-order valence-corrected chi connectivity index (χ0v) is 13.1. The molecule has 6 heteroatoms. The van der Waals surface area contributed by atoms with E-state index >= 15 is 0 Å². The van der Waals surface area contributed by atoms with Crippen LogP contribution in [0.3, 0.4) is 0 Å². The molecule has 0 bridgehead atoms. The van der Waals surface area contributed by atoms with Crippen molar-refractivity contribution in [3.8, 4) is 0 Å². The second-order valence-electron chi connectivity index (χ2n) is 5.07. The van der Waals surface area contributed by atoms with Gasteiger partial charge in [-0.1, -0.05) is 41.9 Å². The summed E-state index contributed by atoms with van der Waals surface area (Å²) < 4.78 is 1.71. The highest BCUT2D eigenvalue weighted by atomic mass is 35.5. The van der Waals surface area contributed by atoms with Gasteiger partial charge in [0, 0.05) is 17.1 Å². The molecule has 1 heterocycles. The zero-order valence-electron chi connectivity index (χ0n) is 12.3. The summed E-state index contributed by atoms with van der Waals surface area (Å²) in [5.41, 5.74) is 2.48. The van der Waals surface area contributed by atoms with Crippen LogP contribution in [0.1, 0.15) is 21.5 Å². The van der Waals surface area contributed by atoms with Crippen LogP contribution in [-0.2, 0) is 13.1 Å². The van der Waals surface area contributed by atoms with E-state index in [0.29, 0.717) is 23.7 Å². The molecule has 0 aliphatic carbocycles. The maximum absolute atomic E-state index is 12.3. The molecule has 2 aromatic carbocycles. The number of nitrogens with zero attached hydrogens (tertiary/aromatic N) is 3. The molecule has 3 aromatic rings. The molecule has 0 aliphatic heterocycles. The molecule has 1 N–H and O–H groups in total. The quantitative estimate of drug-likeness (QED) is 0.784. The van der Waals surface area contributed by atoms with E-state index in [9.17, 15) is 4.79 Å². The van der Waals surface area contributed by atoms with Crippen molar-refractivity contribution in [2.45, 2.75) is 13.1 Å². The second-order valence-corrected chi connectivity index (χ2v) is 5.47. The number of benzene rings is 2. The van der Waals surface area contributed by atoms with Crippen LogP contribution in [0.15, 0.2) is 61.2 Å². The standard InChI is InChI=1S/C17H15ClN4O/c18-16-7-2-1-5-15(16)9-20-17(23)14-6-3-4-13(8-14)10-22-12-19-11-21-22/h1-8,11-12H,9-10H2,(H,20,23). The normalized spacial score (nSPS) is 10.5. The SMILES string of the molecule is O=C(NCc1ccccc1Cl)c1cccc(Cn2cncn2)c1. The molecule has 5 nitrogen and oxygen atoms in total. The Morgan fingerprint density at radius 3 is 2.83 bits per heavy atom. The van der Waals surface area contributed by atoms with Crippen LogP contribution >= 0.6 is 11.6 Å². The van der Waals surface area contributed by atoms with E-state index in [1.807, 2.05) is 42.5 Å². The van der Waals surface area contributed by atoms with E-state index in [0.717, 1.165) is 11.1 Å². The van der Waals surface area contributed by atoms with Crippen LogP contribution in [0.4, 0.5) is 0 Å². The third kappa shape index (κ3) is 3.96. The number of nitrogens with one attached hydrogen (secondary N) is 1. The van der Waals surface area contributed by atoms with Gasteiger partial charge in [-0.2, -0.15) is 5.10 Å². The molecule has 23 heavy (non-hydrogen) atoms. The molecular formula is C17H15ClN4O. The number of rotatable bonds is 5. The third-order valence-corrected chi connectivity index (χ3v) is 3.77. The lowest BCUT2D eigenvalue weighted by molar-refractivity contribution is 0.0951. The average Bonchev–Trinajstić information content (AvgIpc) is 3.07. The number of carbonyl (C=O) groups excluding carboxylic acids is 1. The van der Waals surface area contributed by atoms with Crippen molar-refractivity contribution in [1.29, 1.82) is 0 Å². The number of aromatic nitrogens is 3. The summed E-state index contributed by atoms with van der Waals surface area (Å²) in [6.45, 7) is 0.970. The van der Waals surface area contributed by atoms with Gasteiger partial charge < -0.3 is 5.32 Å². The molecule has 1 amide bonds. The first-order valence-electron chi connectivity index (χ1n) is 7.15. The van der Waals surface area contributed by atoms with E-state index in [1.54, 1.807) is 17.1 Å². The maximum Gasteiger partial charge on any atom is 0.251 e. The smallest absolute Gasteiger partial charge is 0.251 e. The Balaban J connectivity index is 1.66. The topological polar surface area (TPSA) is 59.8 Å². The van der Waals surface area contributed by atoms with Crippen molar-refractivity contribution in [2.75, 3.05) is 0 Å². The fourth-order valence-corrected chi connectivity index (χ4v) is 2.43. The first-order valence-corrected chi connectivity index (χ1v) is 7.53. The lowest BCUT2D eigenvalue weighted by Gasteiger charge is -2.08. The van der Waals surface area contributed by atoms with Gasteiger partial charge in [0.1, 0.15) is 12.7 Å². The number of hydrogen-bond donors (Lipinski definition) is 1. The summed E-state index contributed by atoms with van der Waals surface area (Å²) in [4.78, 5) is 16.2. The Morgan fingerprint density at radius 1 is 1.17 bits per heavy atom. The van der Waals surface area contributed by atoms with Crippen molar-refractivity contribution in [2.24, 2.45) is 0 Å². The van der Waals surface area contributed by atoms with Gasteiger partial charge in [0.05, 0.1) is 6.54 Å². The first kappa shape index (κ1) is 15.2. The average molecular weight is 327 g/mol. The zero-order chi connectivity index (χ0) is 16.1. The Labute approximate surface area is 138 Å². The predicted octanol–water partition coefficient (Wildman–Crippen LogP) is 2.91. The largest absolute Gasteiger partial charge is 0.348 e. The molecular weight excluding hydrogens is 312 g/mol. The third-order valence-electron chi connectivity index (χ3n) is 3.40. The Hall–Kier alpha value is -2.66.